The lowest BCUT2D eigenvalue weighted by atomic mass is 9.73. The average molecular weight is 446 g/mol. The lowest BCUT2D eigenvalue weighted by Gasteiger charge is -2.41. The summed E-state index contributed by atoms with van der Waals surface area (Å²) >= 11 is 0. The van der Waals surface area contributed by atoms with E-state index in [4.69, 9.17) is 4.74 Å². The Hall–Kier alpha value is -2.19. The van der Waals surface area contributed by atoms with E-state index in [9.17, 15) is 19.5 Å². The van der Waals surface area contributed by atoms with Gasteiger partial charge >= 0.3 is 0 Å². The van der Waals surface area contributed by atoms with E-state index in [1.807, 2.05) is 52.0 Å². The van der Waals surface area contributed by atoms with Gasteiger partial charge in [0.2, 0.25) is 17.7 Å². The number of aliphatic hydroxyl groups is 1. The predicted molar refractivity (Wildman–Crippen MR) is 118 cm³/mol. The van der Waals surface area contributed by atoms with E-state index >= 15 is 0 Å². The van der Waals surface area contributed by atoms with Crippen LogP contribution in [0.1, 0.15) is 40.5 Å². The monoisotopic (exact) mass is 445 g/mol. The molecular formula is C24H35N3O5. The van der Waals surface area contributed by atoms with E-state index < -0.39 is 34.6 Å². The summed E-state index contributed by atoms with van der Waals surface area (Å²) in [5, 5.41) is 9.44. The van der Waals surface area contributed by atoms with Gasteiger partial charge in [0.15, 0.2) is 0 Å². The van der Waals surface area contributed by atoms with E-state index in [0.29, 0.717) is 25.9 Å². The van der Waals surface area contributed by atoms with Crippen LogP contribution in [0.4, 0.5) is 0 Å². The predicted octanol–water partition coefficient (Wildman–Crippen LogP) is 0.955. The van der Waals surface area contributed by atoms with Crippen LogP contribution in [0.5, 0.6) is 0 Å². The summed E-state index contributed by atoms with van der Waals surface area (Å²) in [4.78, 5) is 46.4. The van der Waals surface area contributed by atoms with Gasteiger partial charge in [-0.2, -0.15) is 0 Å². The van der Waals surface area contributed by atoms with Gasteiger partial charge in [-0.05, 0) is 33.6 Å². The first-order valence-electron chi connectivity index (χ1n) is 11.6. The molecule has 8 heteroatoms. The lowest BCUT2D eigenvalue weighted by molar-refractivity contribution is -0.156. The number of aliphatic hydroxyl groups excluding tert-OH is 1. The Morgan fingerprint density at radius 3 is 2.38 bits per heavy atom. The lowest BCUT2D eigenvalue weighted by Crippen LogP contribution is -2.59. The van der Waals surface area contributed by atoms with E-state index in [-0.39, 0.29) is 30.9 Å². The number of carbonyl (C=O) groups is 3. The summed E-state index contributed by atoms with van der Waals surface area (Å²) in [6.07, 6.45) is 8.51. The summed E-state index contributed by atoms with van der Waals surface area (Å²) in [7, 11) is 1.74. The van der Waals surface area contributed by atoms with Crippen molar-refractivity contribution in [1.82, 2.24) is 14.7 Å². The highest BCUT2D eigenvalue weighted by molar-refractivity contribution is 6.00. The van der Waals surface area contributed by atoms with Crippen LogP contribution >= 0.6 is 0 Å². The van der Waals surface area contributed by atoms with Gasteiger partial charge in [0, 0.05) is 38.8 Å². The number of hydrogen-bond acceptors (Lipinski definition) is 5. The maximum absolute atomic E-state index is 14.0. The zero-order valence-electron chi connectivity index (χ0n) is 19.7. The number of hydrogen-bond donors (Lipinski definition) is 1. The first-order chi connectivity index (χ1) is 15.0. The quantitative estimate of drug-likeness (QED) is 0.651. The van der Waals surface area contributed by atoms with Gasteiger partial charge in [0.05, 0.1) is 17.4 Å². The molecule has 176 valence electrons. The Balaban J connectivity index is 1.90. The molecule has 1 spiro atoms. The van der Waals surface area contributed by atoms with Crippen LogP contribution in [0.15, 0.2) is 24.3 Å². The van der Waals surface area contributed by atoms with Crippen molar-refractivity contribution < 1.29 is 24.2 Å². The molecule has 1 unspecified atom stereocenters. The average Bonchev–Trinajstić information content (AvgIpc) is 3.02. The fraction of sp³-hybridized carbons (Fsp3) is 0.708. The van der Waals surface area contributed by atoms with Gasteiger partial charge in [-0.3, -0.25) is 14.4 Å². The van der Waals surface area contributed by atoms with Crippen LogP contribution in [0.3, 0.4) is 0 Å². The highest BCUT2D eigenvalue weighted by Crippen LogP contribution is 2.58. The molecular weight excluding hydrogens is 410 g/mol. The van der Waals surface area contributed by atoms with Gasteiger partial charge in [0.1, 0.15) is 11.6 Å². The van der Waals surface area contributed by atoms with Crippen molar-refractivity contribution in [1.29, 1.82) is 0 Å². The van der Waals surface area contributed by atoms with Crippen LogP contribution in [-0.2, 0) is 19.1 Å². The maximum Gasteiger partial charge on any atom is 0.249 e. The van der Waals surface area contributed by atoms with Gasteiger partial charge in [-0.1, -0.05) is 31.2 Å². The molecule has 4 aliphatic heterocycles. The molecule has 4 rings (SSSR count). The number of carbonyl (C=O) groups excluding carboxylic acids is 3. The van der Waals surface area contributed by atoms with E-state index in [2.05, 4.69) is 0 Å². The van der Waals surface area contributed by atoms with Gasteiger partial charge < -0.3 is 24.5 Å². The fourth-order valence-electron chi connectivity index (χ4n) is 5.97. The minimum absolute atomic E-state index is 0.0885. The number of nitrogens with zero attached hydrogens (tertiary/aromatic N) is 3. The van der Waals surface area contributed by atoms with E-state index in [1.165, 1.54) is 0 Å². The zero-order chi connectivity index (χ0) is 23.5. The molecule has 4 aliphatic rings. The maximum atomic E-state index is 14.0. The van der Waals surface area contributed by atoms with E-state index in [0.717, 1.165) is 0 Å². The molecule has 4 heterocycles. The summed E-state index contributed by atoms with van der Waals surface area (Å²) < 4.78 is 6.81. The number of ether oxygens (including phenoxy) is 1. The second kappa shape index (κ2) is 7.70. The molecule has 2 fully saturated rings. The van der Waals surface area contributed by atoms with Crippen LogP contribution < -0.4 is 0 Å². The topological polar surface area (TPSA) is 90.4 Å². The van der Waals surface area contributed by atoms with Crippen LogP contribution in [-0.4, -0.2) is 93.6 Å². The van der Waals surface area contributed by atoms with E-state index in [1.54, 1.807) is 21.7 Å². The Bertz CT molecular complexity index is 877. The van der Waals surface area contributed by atoms with Crippen molar-refractivity contribution in [2.45, 2.75) is 63.3 Å². The third kappa shape index (κ3) is 3.06. The minimum atomic E-state index is -1.22. The largest absolute Gasteiger partial charge is 0.396 e. The first kappa shape index (κ1) is 23.0. The van der Waals surface area contributed by atoms with Crippen molar-refractivity contribution in [3.8, 4) is 0 Å². The zero-order valence-corrected chi connectivity index (χ0v) is 19.7. The number of fused-ring (bicyclic) bond motifs is 2. The van der Waals surface area contributed by atoms with Crippen LogP contribution in [0, 0.1) is 11.8 Å². The Morgan fingerprint density at radius 2 is 1.75 bits per heavy atom. The molecule has 0 saturated carbocycles. The van der Waals surface area contributed by atoms with Gasteiger partial charge in [-0.25, -0.2) is 0 Å². The number of likely N-dealkylation sites (tertiary alicyclic amines) is 1. The van der Waals surface area contributed by atoms with Crippen molar-refractivity contribution >= 4 is 17.7 Å². The highest BCUT2D eigenvalue weighted by Gasteiger charge is 2.75. The molecule has 0 aromatic heterocycles. The molecule has 0 aromatic carbocycles. The number of rotatable bonds is 4. The molecule has 0 aromatic rings. The smallest absolute Gasteiger partial charge is 0.249 e. The van der Waals surface area contributed by atoms with Gasteiger partial charge in [-0.15, -0.1) is 0 Å². The molecule has 5 atom stereocenters. The summed E-state index contributed by atoms with van der Waals surface area (Å²) in [6, 6.07) is -0.869. The Kier molecular flexibility index (Phi) is 5.53. The summed E-state index contributed by atoms with van der Waals surface area (Å²) in [5.41, 5.74) is -2.61. The third-order valence-electron chi connectivity index (χ3n) is 7.51. The second-order valence-corrected chi connectivity index (χ2v) is 10.4. The Labute approximate surface area is 189 Å². The number of amides is 3. The van der Waals surface area contributed by atoms with Crippen molar-refractivity contribution in [2.24, 2.45) is 11.8 Å². The third-order valence-corrected chi connectivity index (χ3v) is 7.51. The minimum Gasteiger partial charge on any atom is -0.396 e. The molecule has 2 saturated heterocycles. The second-order valence-electron chi connectivity index (χ2n) is 10.4. The molecule has 0 bridgehead atoms. The first-order valence-corrected chi connectivity index (χ1v) is 11.6. The molecule has 8 nitrogen and oxygen atoms in total. The molecule has 3 amide bonds. The highest BCUT2D eigenvalue weighted by atomic mass is 16.5. The molecule has 0 radical (unpaired) electrons. The van der Waals surface area contributed by atoms with Crippen LogP contribution in [0.2, 0.25) is 0 Å². The summed E-state index contributed by atoms with van der Waals surface area (Å²) in [6.45, 7) is 8.89. The molecule has 32 heavy (non-hydrogen) atoms. The summed E-state index contributed by atoms with van der Waals surface area (Å²) in [5.74, 6) is -2.04. The normalized spacial score (nSPS) is 36.9. The molecule has 1 N–H and O–H groups in total. The van der Waals surface area contributed by atoms with Crippen molar-refractivity contribution in [2.75, 3.05) is 33.3 Å². The van der Waals surface area contributed by atoms with Crippen LogP contribution in [0.25, 0.3) is 0 Å². The van der Waals surface area contributed by atoms with Crippen molar-refractivity contribution in [3.63, 3.8) is 0 Å². The molecule has 0 aliphatic carbocycles. The number of likely N-dealkylation sites (N-methyl/N-ethyl adjacent to an activating group) is 1. The SMILES string of the molecule is CC[C@@]12C=CCN(C)C(=O)[C@@H]1[C@H]1C(=O)N(CCCO)C3C(=O)N(C(C)(C)C)CC=C[C@@]31O2. The Morgan fingerprint density at radius 1 is 1.06 bits per heavy atom. The van der Waals surface area contributed by atoms with Gasteiger partial charge in [0.25, 0.3) is 0 Å². The van der Waals surface area contributed by atoms with Crippen molar-refractivity contribution in [3.05, 3.63) is 24.3 Å². The standard InChI is InChI=1S/C24H35N3O5/c1-6-23-10-7-12-25(5)19(29)16(23)17-20(30)26(13-9-15-28)18-21(31)27(22(2,3)4)14-8-11-24(17,18)32-23/h7-8,10-11,16-18,28H,6,9,12-15H2,1-5H3/t16-,17-,18?,23+,24-/m0/s1. The fourth-order valence-corrected chi connectivity index (χ4v) is 5.97.